The monoisotopic (exact) mass is 349 g/mol. The average Bonchev–Trinajstić information content (AvgIpc) is 2.97. The number of halogens is 1. The summed E-state index contributed by atoms with van der Waals surface area (Å²) in [6.45, 7) is 1.85. The lowest BCUT2D eigenvalue weighted by atomic mass is 10.1. The van der Waals surface area contributed by atoms with Crippen LogP contribution in [0.25, 0.3) is 6.08 Å². The number of thiophene rings is 1. The van der Waals surface area contributed by atoms with E-state index in [0.29, 0.717) is 4.88 Å². The Hall–Kier alpha value is -3.07. The minimum Gasteiger partial charge on any atom is -0.268 e. The van der Waals surface area contributed by atoms with Crippen molar-refractivity contribution < 1.29 is 18.9 Å². The molecule has 0 aliphatic rings. The molecule has 2 rings (SSSR count). The Kier molecular flexibility index (Phi) is 5.38. The number of aryl methyl sites for hydroxylation is 1. The zero-order valence-corrected chi connectivity index (χ0v) is 13.2. The molecule has 0 radical (unpaired) electrons. The van der Waals surface area contributed by atoms with Crippen LogP contribution in [-0.4, -0.2) is 16.7 Å². The van der Waals surface area contributed by atoms with Gasteiger partial charge in [0.15, 0.2) is 0 Å². The summed E-state index contributed by atoms with van der Waals surface area (Å²) in [5.74, 6) is -1.90. The maximum Gasteiger partial charge on any atom is 0.279 e. The first-order chi connectivity index (χ1) is 11.4. The largest absolute Gasteiger partial charge is 0.279 e. The molecule has 2 amide bonds. The first-order valence-corrected chi connectivity index (χ1v) is 7.47. The first kappa shape index (κ1) is 17.3. The Morgan fingerprint density at radius 1 is 1.25 bits per heavy atom. The van der Waals surface area contributed by atoms with E-state index in [2.05, 4.69) is 10.9 Å². The fourth-order valence-corrected chi connectivity index (χ4v) is 2.52. The molecule has 0 saturated carbocycles. The highest BCUT2D eigenvalue weighted by atomic mass is 32.1. The van der Waals surface area contributed by atoms with Crippen LogP contribution in [0.4, 0.5) is 10.1 Å². The van der Waals surface area contributed by atoms with Crippen LogP contribution in [0.15, 0.2) is 36.4 Å². The highest BCUT2D eigenvalue weighted by Crippen LogP contribution is 2.21. The van der Waals surface area contributed by atoms with E-state index in [-0.39, 0.29) is 5.56 Å². The molecule has 1 aromatic carbocycles. The van der Waals surface area contributed by atoms with Gasteiger partial charge in [-0.25, -0.2) is 4.39 Å². The van der Waals surface area contributed by atoms with Crippen LogP contribution in [-0.2, 0) is 4.79 Å². The summed E-state index contributed by atoms with van der Waals surface area (Å²) in [7, 11) is 0. The summed E-state index contributed by atoms with van der Waals surface area (Å²) >= 11 is 1.27. The molecular formula is C15H12FN3O4S. The van der Waals surface area contributed by atoms with E-state index in [9.17, 15) is 24.1 Å². The lowest BCUT2D eigenvalue weighted by molar-refractivity contribution is -0.385. The molecule has 0 spiro atoms. The van der Waals surface area contributed by atoms with Crippen molar-refractivity contribution in [2.75, 3.05) is 0 Å². The molecule has 0 fully saturated rings. The Morgan fingerprint density at radius 3 is 2.62 bits per heavy atom. The van der Waals surface area contributed by atoms with Crippen LogP contribution >= 0.6 is 11.3 Å². The fraction of sp³-hybridized carbons (Fsp3) is 0.0667. The number of carbonyl (C=O) groups excluding carboxylic acids is 2. The van der Waals surface area contributed by atoms with E-state index in [1.807, 2.05) is 6.92 Å². The Balaban J connectivity index is 1.98. The van der Waals surface area contributed by atoms with Crippen LogP contribution in [0.1, 0.15) is 20.1 Å². The van der Waals surface area contributed by atoms with Gasteiger partial charge in [-0.15, -0.1) is 11.3 Å². The molecule has 0 atom stereocenters. The van der Waals surface area contributed by atoms with E-state index >= 15 is 0 Å². The molecule has 124 valence electrons. The third-order valence-corrected chi connectivity index (χ3v) is 3.87. The van der Waals surface area contributed by atoms with Gasteiger partial charge in [-0.3, -0.25) is 30.6 Å². The Bertz CT molecular complexity index is 832. The van der Waals surface area contributed by atoms with E-state index in [0.717, 1.165) is 29.2 Å². The van der Waals surface area contributed by atoms with Gasteiger partial charge in [-0.2, -0.15) is 0 Å². The van der Waals surface area contributed by atoms with E-state index in [1.165, 1.54) is 17.4 Å². The molecule has 24 heavy (non-hydrogen) atoms. The lowest BCUT2D eigenvalue weighted by Gasteiger charge is -2.03. The number of hydrazine groups is 1. The quantitative estimate of drug-likeness (QED) is 0.503. The van der Waals surface area contributed by atoms with Gasteiger partial charge in [0.05, 0.1) is 21.4 Å². The van der Waals surface area contributed by atoms with Crippen molar-refractivity contribution in [2.45, 2.75) is 6.92 Å². The number of nitro benzene ring substituents is 1. The van der Waals surface area contributed by atoms with Crippen LogP contribution in [0.2, 0.25) is 0 Å². The molecule has 0 bridgehead atoms. The predicted octanol–water partition coefficient (Wildman–Crippen LogP) is 2.58. The number of carbonyl (C=O) groups is 2. The summed E-state index contributed by atoms with van der Waals surface area (Å²) in [6, 6.07) is 6.39. The minimum absolute atomic E-state index is 0.0664. The molecule has 0 saturated heterocycles. The number of rotatable bonds is 4. The van der Waals surface area contributed by atoms with Crippen molar-refractivity contribution in [1.29, 1.82) is 0 Å². The van der Waals surface area contributed by atoms with Crippen LogP contribution < -0.4 is 10.9 Å². The topological polar surface area (TPSA) is 101 Å². The van der Waals surface area contributed by atoms with Gasteiger partial charge in [0.1, 0.15) is 5.82 Å². The SMILES string of the molecule is Cc1ccc(C(=O)NNC(=O)C=Cc2ccc(F)cc2[N+](=O)[O-])s1. The summed E-state index contributed by atoms with van der Waals surface area (Å²) in [6.07, 6.45) is 2.16. The molecule has 9 heteroatoms. The maximum absolute atomic E-state index is 13.0. The van der Waals surface area contributed by atoms with Gasteiger partial charge in [-0.1, -0.05) is 0 Å². The van der Waals surface area contributed by atoms with E-state index in [4.69, 9.17) is 0 Å². The minimum atomic E-state index is -0.748. The summed E-state index contributed by atoms with van der Waals surface area (Å²) < 4.78 is 13.0. The lowest BCUT2D eigenvalue weighted by Crippen LogP contribution is -2.40. The third-order valence-electron chi connectivity index (χ3n) is 2.87. The molecule has 0 unspecified atom stereocenters. The standard InChI is InChI=1S/C15H12FN3O4S/c1-9-2-6-13(24-9)15(21)18-17-14(20)7-4-10-3-5-11(16)8-12(10)19(22)23/h2-8H,1H3,(H,17,20)(H,18,21). The van der Waals surface area contributed by atoms with Crippen LogP contribution in [0, 0.1) is 22.9 Å². The Morgan fingerprint density at radius 2 is 2.00 bits per heavy atom. The molecule has 1 aromatic heterocycles. The highest BCUT2D eigenvalue weighted by Gasteiger charge is 2.13. The van der Waals surface area contributed by atoms with Gasteiger partial charge in [-0.05, 0) is 37.3 Å². The molecule has 7 nitrogen and oxygen atoms in total. The van der Waals surface area contributed by atoms with Crippen LogP contribution in [0.3, 0.4) is 0 Å². The Labute approximate surface area is 139 Å². The fourth-order valence-electron chi connectivity index (χ4n) is 1.76. The molecular weight excluding hydrogens is 337 g/mol. The zero-order chi connectivity index (χ0) is 17.7. The van der Waals surface area contributed by atoms with Crippen molar-refractivity contribution in [3.63, 3.8) is 0 Å². The smallest absolute Gasteiger partial charge is 0.268 e. The van der Waals surface area contributed by atoms with Gasteiger partial charge in [0, 0.05) is 11.0 Å². The van der Waals surface area contributed by atoms with Gasteiger partial charge >= 0.3 is 0 Å². The van der Waals surface area contributed by atoms with Gasteiger partial charge in [0.2, 0.25) is 0 Å². The summed E-state index contributed by atoms with van der Waals surface area (Å²) in [5.41, 5.74) is 3.99. The number of benzene rings is 1. The van der Waals surface area contributed by atoms with Crippen LogP contribution in [0.5, 0.6) is 0 Å². The number of nitrogens with one attached hydrogen (secondary N) is 2. The molecule has 0 aliphatic carbocycles. The molecule has 2 aromatic rings. The molecule has 2 N–H and O–H groups in total. The molecule has 0 aliphatic heterocycles. The second kappa shape index (κ2) is 7.47. The number of nitro groups is 1. The van der Waals surface area contributed by atoms with E-state index in [1.54, 1.807) is 12.1 Å². The summed E-state index contributed by atoms with van der Waals surface area (Å²) in [5, 5.41) is 10.8. The average molecular weight is 349 g/mol. The van der Waals surface area contributed by atoms with E-state index < -0.39 is 28.2 Å². The highest BCUT2D eigenvalue weighted by molar-refractivity contribution is 7.13. The van der Waals surface area contributed by atoms with Crippen molar-refractivity contribution in [3.05, 3.63) is 67.7 Å². The number of nitrogens with zero attached hydrogens (tertiary/aromatic N) is 1. The summed E-state index contributed by atoms with van der Waals surface area (Å²) in [4.78, 5) is 34.9. The van der Waals surface area contributed by atoms with Crippen molar-refractivity contribution in [1.82, 2.24) is 10.9 Å². The zero-order valence-electron chi connectivity index (χ0n) is 12.4. The number of hydrogen-bond donors (Lipinski definition) is 2. The normalized spacial score (nSPS) is 10.6. The number of amides is 2. The van der Waals surface area contributed by atoms with Gasteiger partial charge in [0.25, 0.3) is 17.5 Å². The van der Waals surface area contributed by atoms with Gasteiger partial charge < -0.3 is 0 Å². The third kappa shape index (κ3) is 4.46. The first-order valence-electron chi connectivity index (χ1n) is 6.65. The number of hydrogen-bond acceptors (Lipinski definition) is 5. The second-order valence-corrected chi connectivity index (χ2v) is 5.94. The second-order valence-electron chi connectivity index (χ2n) is 4.65. The van der Waals surface area contributed by atoms with Crippen molar-refractivity contribution in [2.24, 2.45) is 0 Å². The maximum atomic E-state index is 13.0. The molecule has 1 heterocycles. The predicted molar refractivity (Wildman–Crippen MR) is 86.8 cm³/mol. The van der Waals surface area contributed by atoms with Crippen molar-refractivity contribution in [3.8, 4) is 0 Å². The van der Waals surface area contributed by atoms with Crippen molar-refractivity contribution >= 4 is 34.9 Å².